The fraction of sp³-hybridized carbons (Fsp3) is 0.385. The van der Waals surface area contributed by atoms with Gasteiger partial charge in [-0.05, 0) is 64.7 Å². The minimum atomic E-state index is -0.756. The number of para-hydroxylation sites is 1. The third-order valence-corrected chi connectivity index (χ3v) is 5.57. The zero-order valence-corrected chi connectivity index (χ0v) is 20.1. The van der Waals surface area contributed by atoms with Crippen LogP contribution >= 0.6 is 0 Å². The maximum absolute atomic E-state index is 13.2. The molecule has 1 N–H and O–H groups in total. The van der Waals surface area contributed by atoms with Crippen molar-refractivity contribution in [1.29, 1.82) is 0 Å². The number of hydrogen-bond donors (Lipinski definition) is 1. The van der Waals surface area contributed by atoms with Crippen molar-refractivity contribution < 1.29 is 24.2 Å². The first-order chi connectivity index (χ1) is 15.6. The molecule has 1 aliphatic rings. The van der Waals surface area contributed by atoms with Crippen LogP contribution < -0.4 is 9.47 Å². The summed E-state index contributed by atoms with van der Waals surface area (Å²) in [6.45, 7) is 6.66. The van der Waals surface area contributed by atoms with Gasteiger partial charge in [-0.3, -0.25) is 9.59 Å². The van der Waals surface area contributed by atoms with Gasteiger partial charge in [0.15, 0.2) is 0 Å². The van der Waals surface area contributed by atoms with Crippen LogP contribution in [-0.2, 0) is 9.59 Å². The summed E-state index contributed by atoms with van der Waals surface area (Å²) in [4.78, 5) is 29.7. The van der Waals surface area contributed by atoms with Crippen LogP contribution in [0.4, 0.5) is 0 Å². The number of aliphatic hydroxyl groups is 1. The fourth-order valence-electron chi connectivity index (χ4n) is 3.97. The van der Waals surface area contributed by atoms with Crippen LogP contribution in [0.25, 0.3) is 5.76 Å². The third kappa shape index (κ3) is 5.03. The number of carbonyl (C=O) groups is 2. The number of aryl methyl sites for hydroxylation is 1. The molecule has 1 atom stereocenters. The molecule has 33 heavy (non-hydrogen) atoms. The number of ether oxygens (including phenoxy) is 2. The molecule has 7 nitrogen and oxygen atoms in total. The Bertz CT molecular complexity index is 1070. The lowest BCUT2D eigenvalue weighted by Gasteiger charge is -2.27. The summed E-state index contributed by atoms with van der Waals surface area (Å²) in [5.41, 5.74) is 1.98. The molecular weight excluding hydrogens is 420 g/mol. The summed E-state index contributed by atoms with van der Waals surface area (Å²) in [5.74, 6) is -0.305. The molecule has 1 fully saturated rings. The van der Waals surface area contributed by atoms with E-state index in [9.17, 15) is 14.7 Å². The standard InChI is InChI=1S/C26H32N2O5/c1-16(2)33-20-12-11-18(15-17(20)3)24(29)22-23(19-9-7-8-10-21(19)32-6)28(14-13-27(4)5)26(31)25(22)30/h7-12,15-16,23,29H,13-14H2,1-6H3/b24-22+. The zero-order chi connectivity index (χ0) is 24.3. The second kappa shape index (κ2) is 10.1. The highest BCUT2D eigenvalue weighted by molar-refractivity contribution is 6.46. The molecule has 1 saturated heterocycles. The molecule has 3 rings (SSSR count). The summed E-state index contributed by atoms with van der Waals surface area (Å²) < 4.78 is 11.3. The highest BCUT2D eigenvalue weighted by atomic mass is 16.5. The number of Topliss-reactive ketones (excluding diaryl/α,β-unsaturated/α-hetero) is 1. The van der Waals surface area contributed by atoms with E-state index in [-0.39, 0.29) is 17.4 Å². The highest BCUT2D eigenvalue weighted by Gasteiger charge is 2.46. The van der Waals surface area contributed by atoms with Crippen LogP contribution in [-0.4, -0.2) is 67.0 Å². The molecule has 1 unspecified atom stereocenters. The molecule has 0 spiro atoms. The lowest BCUT2D eigenvalue weighted by Crippen LogP contribution is -2.35. The summed E-state index contributed by atoms with van der Waals surface area (Å²) in [7, 11) is 5.35. The Hall–Kier alpha value is -3.32. The van der Waals surface area contributed by atoms with Crippen LogP contribution in [0.15, 0.2) is 48.0 Å². The van der Waals surface area contributed by atoms with Gasteiger partial charge in [-0.2, -0.15) is 0 Å². The number of hydrogen-bond acceptors (Lipinski definition) is 6. The number of amides is 1. The van der Waals surface area contributed by atoms with E-state index < -0.39 is 17.7 Å². The van der Waals surface area contributed by atoms with Crippen LogP contribution in [0, 0.1) is 6.92 Å². The van der Waals surface area contributed by atoms with Crippen molar-refractivity contribution in [3.05, 3.63) is 64.7 Å². The lowest BCUT2D eigenvalue weighted by atomic mass is 9.94. The van der Waals surface area contributed by atoms with Crippen molar-refractivity contribution >= 4 is 17.4 Å². The van der Waals surface area contributed by atoms with Crippen molar-refractivity contribution in [2.75, 3.05) is 34.3 Å². The van der Waals surface area contributed by atoms with Crippen molar-refractivity contribution in [3.63, 3.8) is 0 Å². The number of carbonyl (C=O) groups excluding carboxylic acids is 2. The summed E-state index contributed by atoms with van der Waals surface area (Å²) in [6.07, 6.45) is 0.00992. The third-order valence-electron chi connectivity index (χ3n) is 5.57. The Labute approximate surface area is 195 Å². The number of aliphatic hydroxyl groups excluding tert-OH is 1. The zero-order valence-electron chi connectivity index (χ0n) is 20.1. The van der Waals surface area contributed by atoms with Gasteiger partial charge in [-0.1, -0.05) is 18.2 Å². The Morgan fingerprint density at radius 3 is 2.42 bits per heavy atom. The maximum atomic E-state index is 13.2. The average Bonchev–Trinajstić information content (AvgIpc) is 3.02. The summed E-state index contributed by atoms with van der Waals surface area (Å²) in [6, 6.07) is 11.7. The number of likely N-dealkylation sites (N-methyl/N-ethyl adjacent to an activating group) is 1. The van der Waals surface area contributed by atoms with Crippen molar-refractivity contribution in [2.24, 2.45) is 0 Å². The normalized spacial score (nSPS) is 17.8. The quantitative estimate of drug-likeness (QED) is 0.373. The topological polar surface area (TPSA) is 79.3 Å². The molecule has 1 amide bonds. The summed E-state index contributed by atoms with van der Waals surface area (Å²) in [5, 5.41) is 11.3. The van der Waals surface area contributed by atoms with Gasteiger partial charge in [-0.15, -0.1) is 0 Å². The first kappa shape index (κ1) is 24.3. The molecule has 1 aliphatic heterocycles. The molecule has 1 heterocycles. The first-order valence-electron chi connectivity index (χ1n) is 11.0. The monoisotopic (exact) mass is 452 g/mol. The predicted molar refractivity (Wildman–Crippen MR) is 128 cm³/mol. The van der Waals surface area contributed by atoms with Crippen LogP contribution in [0.2, 0.25) is 0 Å². The van der Waals surface area contributed by atoms with Gasteiger partial charge < -0.3 is 24.4 Å². The minimum absolute atomic E-state index is 0.00992. The van der Waals surface area contributed by atoms with E-state index in [4.69, 9.17) is 9.47 Å². The van der Waals surface area contributed by atoms with Gasteiger partial charge in [-0.25, -0.2) is 0 Å². The SMILES string of the molecule is COc1ccccc1C1/C(=C(\O)c2ccc(OC(C)C)c(C)c2)C(=O)C(=O)N1CCN(C)C. The number of likely N-dealkylation sites (tertiary alicyclic amines) is 1. The van der Waals surface area contributed by atoms with Crippen molar-refractivity contribution in [3.8, 4) is 11.5 Å². The molecule has 2 aromatic rings. The molecule has 0 bridgehead atoms. The molecule has 2 aromatic carbocycles. The Morgan fingerprint density at radius 2 is 1.82 bits per heavy atom. The summed E-state index contributed by atoms with van der Waals surface area (Å²) >= 11 is 0. The highest BCUT2D eigenvalue weighted by Crippen LogP contribution is 2.42. The van der Waals surface area contributed by atoms with Crippen LogP contribution in [0.5, 0.6) is 11.5 Å². The van der Waals surface area contributed by atoms with E-state index in [2.05, 4.69) is 0 Å². The molecular formula is C26H32N2O5. The Morgan fingerprint density at radius 1 is 1.12 bits per heavy atom. The first-order valence-corrected chi connectivity index (χ1v) is 11.0. The number of ketones is 1. The molecule has 176 valence electrons. The molecule has 7 heteroatoms. The van der Waals surface area contributed by atoms with E-state index in [1.165, 1.54) is 4.90 Å². The molecule has 0 aliphatic carbocycles. The van der Waals surface area contributed by atoms with Gasteiger partial charge in [0.1, 0.15) is 17.3 Å². The Kier molecular flexibility index (Phi) is 7.43. The Balaban J connectivity index is 2.16. The van der Waals surface area contributed by atoms with Gasteiger partial charge in [0, 0.05) is 24.2 Å². The van der Waals surface area contributed by atoms with Crippen LogP contribution in [0.3, 0.4) is 0 Å². The largest absolute Gasteiger partial charge is 0.507 e. The van der Waals surface area contributed by atoms with Gasteiger partial charge in [0.25, 0.3) is 11.7 Å². The second-order valence-electron chi connectivity index (χ2n) is 8.68. The lowest BCUT2D eigenvalue weighted by molar-refractivity contribution is -0.140. The number of nitrogens with zero attached hydrogens (tertiary/aromatic N) is 2. The number of rotatable bonds is 8. The number of benzene rings is 2. The van der Waals surface area contributed by atoms with E-state index in [1.807, 2.05) is 58.0 Å². The van der Waals surface area contributed by atoms with Gasteiger partial charge in [0.2, 0.25) is 0 Å². The maximum Gasteiger partial charge on any atom is 0.295 e. The van der Waals surface area contributed by atoms with Gasteiger partial charge in [0.05, 0.1) is 24.8 Å². The van der Waals surface area contributed by atoms with Crippen molar-refractivity contribution in [2.45, 2.75) is 32.9 Å². The van der Waals surface area contributed by atoms with E-state index in [0.29, 0.717) is 35.7 Å². The smallest absolute Gasteiger partial charge is 0.295 e. The van der Waals surface area contributed by atoms with Crippen molar-refractivity contribution in [1.82, 2.24) is 9.80 Å². The average molecular weight is 453 g/mol. The van der Waals surface area contributed by atoms with E-state index >= 15 is 0 Å². The minimum Gasteiger partial charge on any atom is -0.507 e. The molecule has 0 aromatic heterocycles. The van der Waals surface area contributed by atoms with E-state index in [0.717, 1.165) is 5.56 Å². The second-order valence-corrected chi connectivity index (χ2v) is 8.68. The van der Waals surface area contributed by atoms with E-state index in [1.54, 1.807) is 31.4 Å². The molecule has 0 radical (unpaired) electrons. The number of methoxy groups -OCH3 is 1. The molecule has 0 saturated carbocycles. The van der Waals surface area contributed by atoms with Gasteiger partial charge >= 0.3 is 0 Å². The van der Waals surface area contributed by atoms with Crippen LogP contribution in [0.1, 0.15) is 36.6 Å². The predicted octanol–water partition coefficient (Wildman–Crippen LogP) is 3.77. The fourth-order valence-corrected chi connectivity index (χ4v) is 3.97.